The van der Waals surface area contributed by atoms with Crippen molar-refractivity contribution in [1.29, 1.82) is 0 Å². The molecule has 0 amide bonds. The third kappa shape index (κ3) is 5.06. The van der Waals surface area contributed by atoms with Gasteiger partial charge in [-0.15, -0.1) is 0 Å². The first-order chi connectivity index (χ1) is 11.7. The molecular weight excluding hydrogens is 434 g/mol. The summed E-state index contributed by atoms with van der Waals surface area (Å²) in [6.45, 7) is 3.17. The van der Waals surface area contributed by atoms with Gasteiger partial charge >= 0.3 is 0 Å². The molecule has 24 heavy (non-hydrogen) atoms. The fourth-order valence-corrected chi connectivity index (χ4v) is 4.28. The average Bonchev–Trinajstić information content (AvgIpc) is 3.08. The van der Waals surface area contributed by atoms with Crippen LogP contribution in [0.5, 0.6) is 5.75 Å². The first-order valence-corrected chi connectivity index (χ1v) is 9.78. The van der Waals surface area contributed by atoms with Gasteiger partial charge < -0.3 is 14.8 Å². The lowest BCUT2D eigenvalue weighted by Crippen LogP contribution is -2.25. The summed E-state index contributed by atoms with van der Waals surface area (Å²) >= 11 is 7.24. The second-order valence-corrected chi connectivity index (χ2v) is 7.64. The minimum atomic E-state index is 0.366. The SMILES string of the molecule is Brc1cc(CNC[C@H]2CCCO2)cc(Br)c1OCc1ccccc1. The van der Waals surface area contributed by atoms with Crippen LogP contribution < -0.4 is 10.1 Å². The lowest BCUT2D eigenvalue weighted by molar-refractivity contribution is 0.110. The average molecular weight is 455 g/mol. The summed E-state index contributed by atoms with van der Waals surface area (Å²) in [5.41, 5.74) is 2.36. The van der Waals surface area contributed by atoms with E-state index in [1.165, 1.54) is 12.0 Å². The molecular formula is C19H21Br2NO2. The molecule has 128 valence electrons. The van der Waals surface area contributed by atoms with Gasteiger partial charge in [0.25, 0.3) is 0 Å². The Bertz CT molecular complexity index is 635. The van der Waals surface area contributed by atoms with E-state index in [9.17, 15) is 0 Å². The molecule has 2 aromatic carbocycles. The molecule has 1 fully saturated rings. The Morgan fingerprint density at radius 3 is 2.50 bits per heavy atom. The molecule has 0 aliphatic carbocycles. The molecule has 0 saturated carbocycles. The molecule has 0 unspecified atom stereocenters. The summed E-state index contributed by atoms with van der Waals surface area (Å²) in [5, 5.41) is 3.47. The van der Waals surface area contributed by atoms with Crippen LogP contribution in [0, 0.1) is 0 Å². The second-order valence-electron chi connectivity index (χ2n) is 5.93. The fourth-order valence-electron chi connectivity index (χ4n) is 2.76. The van der Waals surface area contributed by atoms with Crippen LogP contribution in [0.2, 0.25) is 0 Å². The van der Waals surface area contributed by atoms with Gasteiger partial charge in [0, 0.05) is 19.7 Å². The number of hydrogen-bond acceptors (Lipinski definition) is 3. The Balaban J connectivity index is 1.56. The van der Waals surface area contributed by atoms with Crippen LogP contribution in [0.15, 0.2) is 51.4 Å². The van der Waals surface area contributed by atoms with Gasteiger partial charge in [-0.2, -0.15) is 0 Å². The molecule has 1 atom stereocenters. The predicted molar refractivity (Wildman–Crippen MR) is 103 cm³/mol. The molecule has 2 aromatic rings. The smallest absolute Gasteiger partial charge is 0.148 e. The van der Waals surface area contributed by atoms with Gasteiger partial charge in [-0.05, 0) is 68.0 Å². The van der Waals surface area contributed by atoms with Crippen LogP contribution in [-0.2, 0) is 17.9 Å². The maximum Gasteiger partial charge on any atom is 0.148 e. The molecule has 1 heterocycles. The number of benzene rings is 2. The molecule has 3 nitrogen and oxygen atoms in total. The Morgan fingerprint density at radius 1 is 1.08 bits per heavy atom. The minimum Gasteiger partial charge on any atom is -0.487 e. The highest BCUT2D eigenvalue weighted by molar-refractivity contribution is 9.11. The van der Waals surface area contributed by atoms with Gasteiger partial charge in [0.15, 0.2) is 0 Å². The molecule has 0 bridgehead atoms. The maximum absolute atomic E-state index is 5.96. The predicted octanol–water partition coefficient (Wildman–Crippen LogP) is 5.06. The summed E-state index contributed by atoms with van der Waals surface area (Å²) < 4.78 is 13.5. The number of hydrogen-bond donors (Lipinski definition) is 1. The van der Waals surface area contributed by atoms with E-state index >= 15 is 0 Å². The molecule has 0 radical (unpaired) electrons. The van der Waals surface area contributed by atoms with Gasteiger partial charge in [-0.25, -0.2) is 0 Å². The van der Waals surface area contributed by atoms with Crippen molar-refractivity contribution in [2.24, 2.45) is 0 Å². The Morgan fingerprint density at radius 2 is 1.83 bits per heavy atom. The summed E-state index contributed by atoms with van der Waals surface area (Å²) in [6.07, 6.45) is 2.70. The van der Waals surface area contributed by atoms with Gasteiger partial charge in [-0.1, -0.05) is 30.3 Å². The Kier molecular flexibility index (Phi) is 6.72. The van der Waals surface area contributed by atoms with E-state index in [1.807, 2.05) is 18.2 Å². The zero-order valence-corrected chi connectivity index (χ0v) is 16.6. The third-order valence-corrected chi connectivity index (χ3v) is 5.19. The van der Waals surface area contributed by atoms with Crippen molar-refractivity contribution in [3.05, 3.63) is 62.5 Å². The van der Waals surface area contributed by atoms with Crippen LogP contribution in [-0.4, -0.2) is 19.3 Å². The van der Waals surface area contributed by atoms with E-state index in [0.29, 0.717) is 12.7 Å². The van der Waals surface area contributed by atoms with Crippen LogP contribution in [0.3, 0.4) is 0 Å². The molecule has 1 saturated heterocycles. The zero-order valence-electron chi connectivity index (χ0n) is 13.4. The third-order valence-electron chi connectivity index (χ3n) is 4.01. The first-order valence-electron chi connectivity index (χ1n) is 8.19. The monoisotopic (exact) mass is 453 g/mol. The van der Waals surface area contributed by atoms with Gasteiger partial charge in [-0.3, -0.25) is 0 Å². The van der Waals surface area contributed by atoms with E-state index in [-0.39, 0.29) is 0 Å². The van der Waals surface area contributed by atoms with Gasteiger partial charge in [0.1, 0.15) is 12.4 Å². The van der Waals surface area contributed by atoms with E-state index in [0.717, 1.165) is 46.4 Å². The highest BCUT2D eigenvalue weighted by atomic mass is 79.9. The molecule has 0 spiro atoms. The van der Waals surface area contributed by atoms with E-state index in [2.05, 4.69) is 61.4 Å². The lowest BCUT2D eigenvalue weighted by Gasteiger charge is -2.14. The summed E-state index contributed by atoms with van der Waals surface area (Å²) in [7, 11) is 0. The summed E-state index contributed by atoms with van der Waals surface area (Å²) in [4.78, 5) is 0. The summed E-state index contributed by atoms with van der Waals surface area (Å²) in [5.74, 6) is 0.835. The second kappa shape index (κ2) is 8.99. The maximum atomic E-state index is 5.96. The van der Waals surface area contributed by atoms with E-state index in [1.54, 1.807) is 0 Å². The van der Waals surface area contributed by atoms with Crippen LogP contribution in [0.1, 0.15) is 24.0 Å². The quantitative estimate of drug-likeness (QED) is 0.634. The highest BCUT2D eigenvalue weighted by Crippen LogP contribution is 2.35. The Labute approximate surface area is 160 Å². The van der Waals surface area contributed by atoms with Crippen LogP contribution in [0.25, 0.3) is 0 Å². The number of nitrogens with one attached hydrogen (secondary N) is 1. The van der Waals surface area contributed by atoms with Crippen LogP contribution >= 0.6 is 31.9 Å². The largest absolute Gasteiger partial charge is 0.487 e. The molecule has 1 aliphatic rings. The Hall–Kier alpha value is -0.880. The van der Waals surface area contributed by atoms with E-state index < -0.39 is 0 Å². The normalized spacial score (nSPS) is 17.2. The van der Waals surface area contributed by atoms with Crippen molar-refractivity contribution in [1.82, 2.24) is 5.32 Å². The fraction of sp³-hybridized carbons (Fsp3) is 0.368. The van der Waals surface area contributed by atoms with Crippen molar-refractivity contribution in [2.75, 3.05) is 13.2 Å². The van der Waals surface area contributed by atoms with Crippen molar-refractivity contribution in [2.45, 2.75) is 32.1 Å². The lowest BCUT2D eigenvalue weighted by atomic mass is 10.2. The molecule has 5 heteroatoms. The highest BCUT2D eigenvalue weighted by Gasteiger charge is 2.15. The molecule has 1 N–H and O–H groups in total. The molecule has 0 aromatic heterocycles. The number of halogens is 2. The van der Waals surface area contributed by atoms with Crippen molar-refractivity contribution >= 4 is 31.9 Å². The van der Waals surface area contributed by atoms with Crippen molar-refractivity contribution < 1.29 is 9.47 Å². The van der Waals surface area contributed by atoms with E-state index in [4.69, 9.17) is 9.47 Å². The van der Waals surface area contributed by atoms with Gasteiger partial charge in [0.05, 0.1) is 15.0 Å². The number of rotatable bonds is 7. The number of ether oxygens (including phenoxy) is 2. The topological polar surface area (TPSA) is 30.5 Å². The van der Waals surface area contributed by atoms with Crippen LogP contribution in [0.4, 0.5) is 0 Å². The zero-order chi connectivity index (χ0) is 16.8. The minimum absolute atomic E-state index is 0.366. The van der Waals surface area contributed by atoms with Gasteiger partial charge in [0.2, 0.25) is 0 Å². The summed E-state index contributed by atoms with van der Waals surface area (Å²) in [6, 6.07) is 14.4. The molecule has 3 rings (SSSR count). The first kappa shape index (κ1) is 17.9. The van der Waals surface area contributed by atoms with Crippen molar-refractivity contribution in [3.8, 4) is 5.75 Å². The standard InChI is InChI=1S/C19H21Br2NO2/c20-17-9-15(11-22-12-16-7-4-8-23-16)10-18(21)19(17)24-13-14-5-2-1-3-6-14/h1-3,5-6,9-10,16,22H,4,7-8,11-13H2/t16-/m1/s1. The van der Waals surface area contributed by atoms with Crippen molar-refractivity contribution in [3.63, 3.8) is 0 Å². The molecule has 1 aliphatic heterocycles.